The second kappa shape index (κ2) is 7.31. The topological polar surface area (TPSA) is 84.3 Å². The molecule has 1 amide bonds. The van der Waals surface area contributed by atoms with E-state index < -0.39 is 4.92 Å². The lowest BCUT2D eigenvalue weighted by atomic mass is 10.1. The number of hydrogen-bond donors (Lipinski definition) is 2. The van der Waals surface area contributed by atoms with Crippen LogP contribution in [0.3, 0.4) is 0 Å². The van der Waals surface area contributed by atoms with Gasteiger partial charge in [-0.1, -0.05) is 0 Å². The molecule has 2 N–H and O–H groups in total. The van der Waals surface area contributed by atoms with E-state index in [0.717, 1.165) is 24.3 Å². The second-order valence-electron chi connectivity index (χ2n) is 4.91. The molecular formula is C14H19N3O3S. The van der Waals surface area contributed by atoms with E-state index in [1.54, 1.807) is 12.1 Å². The lowest BCUT2D eigenvalue weighted by molar-refractivity contribution is -0.384. The van der Waals surface area contributed by atoms with Crippen LogP contribution in [0.4, 0.5) is 11.4 Å². The molecule has 7 heteroatoms. The Kier molecular flexibility index (Phi) is 5.44. The summed E-state index contributed by atoms with van der Waals surface area (Å²) in [5.41, 5.74) is 0.703. The fourth-order valence-corrected chi connectivity index (χ4v) is 3.36. The zero-order valence-electron chi connectivity index (χ0n) is 11.9. The maximum Gasteiger partial charge on any atom is 0.293 e. The molecule has 21 heavy (non-hydrogen) atoms. The van der Waals surface area contributed by atoms with E-state index in [2.05, 4.69) is 10.6 Å². The van der Waals surface area contributed by atoms with E-state index in [-0.39, 0.29) is 17.6 Å². The molecule has 1 aliphatic heterocycles. The fourth-order valence-electron chi connectivity index (χ4n) is 2.29. The molecule has 0 aromatic heterocycles. The summed E-state index contributed by atoms with van der Waals surface area (Å²) in [6.07, 6.45) is 2.06. The average Bonchev–Trinajstić information content (AvgIpc) is 2.48. The number of nitrogens with one attached hydrogen (secondary N) is 2. The Bertz CT molecular complexity index is 530. The normalized spacial score (nSPS) is 18.0. The summed E-state index contributed by atoms with van der Waals surface area (Å²) in [5.74, 6) is 1.80. The van der Waals surface area contributed by atoms with E-state index in [4.69, 9.17) is 0 Å². The lowest BCUT2D eigenvalue weighted by Gasteiger charge is -2.22. The second-order valence-corrected chi connectivity index (χ2v) is 6.06. The fraction of sp³-hybridized carbons (Fsp3) is 0.500. The maximum absolute atomic E-state index is 12.2. The van der Waals surface area contributed by atoms with Crippen molar-refractivity contribution >= 4 is 29.0 Å². The molecule has 0 bridgehead atoms. The Morgan fingerprint density at radius 2 is 2.33 bits per heavy atom. The summed E-state index contributed by atoms with van der Waals surface area (Å²) in [7, 11) is 0. The number of nitrogens with zero attached hydrogens (tertiary/aromatic N) is 1. The van der Waals surface area contributed by atoms with Gasteiger partial charge in [0.25, 0.3) is 11.6 Å². The van der Waals surface area contributed by atoms with Crippen molar-refractivity contribution in [3.8, 4) is 0 Å². The van der Waals surface area contributed by atoms with Gasteiger partial charge in [-0.2, -0.15) is 11.8 Å². The smallest absolute Gasteiger partial charge is 0.293 e. The van der Waals surface area contributed by atoms with Gasteiger partial charge in [0.15, 0.2) is 0 Å². The van der Waals surface area contributed by atoms with Crippen LogP contribution in [-0.4, -0.2) is 34.9 Å². The van der Waals surface area contributed by atoms with Gasteiger partial charge in [0.1, 0.15) is 5.69 Å². The van der Waals surface area contributed by atoms with Crippen molar-refractivity contribution in [3.05, 3.63) is 33.9 Å². The zero-order chi connectivity index (χ0) is 15.2. The molecule has 1 aromatic carbocycles. The maximum atomic E-state index is 12.2. The van der Waals surface area contributed by atoms with Gasteiger partial charge in [-0.05, 0) is 37.7 Å². The number of anilines is 1. The summed E-state index contributed by atoms with van der Waals surface area (Å²) >= 11 is 1.82. The highest BCUT2D eigenvalue weighted by Gasteiger charge is 2.20. The molecule has 1 aliphatic rings. The van der Waals surface area contributed by atoms with E-state index in [1.165, 1.54) is 6.07 Å². The number of amides is 1. The number of nitro groups is 1. The van der Waals surface area contributed by atoms with Crippen LogP contribution in [0.1, 0.15) is 30.1 Å². The summed E-state index contributed by atoms with van der Waals surface area (Å²) in [6, 6.07) is 4.70. The van der Waals surface area contributed by atoms with E-state index in [1.807, 2.05) is 18.7 Å². The van der Waals surface area contributed by atoms with E-state index >= 15 is 0 Å². The molecule has 0 spiro atoms. The summed E-state index contributed by atoms with van der Waals surface area (Å²) < 4.78 is 0. The summed E-state index contributed by atoms with van der Waals surface area (Å²) in [5, 5.41) is 17.0. The molecule has 1 aromatic rings. The van der Waals surface area contributed by atoms with Gasteiger partial charge in [0.2, 0.25) is 0 Å². The largest absolute Gasteiger partial charge is 0.380 e. The minimum Gasteiger partial charge on any atom is -0.380 e. The van der Waals surface area contributed by atoms with Crippen molar-refractivity contribution in [1.29, 1.82) is 0 Å². The third-order valence-corrected chi connectivity index (χ3v) is 4.53. The Balaban J connectivity index is 2.13. The Morgan fingerprint density at radius 1 is 1.52 bits per heavy atom. The quantitative estimate of drug-likeness (QED) is 0.645. The van der Waals surface area contributed by atoms with Crippen LogP contribution in [-0.2, 0) is 0 Å². The van der Waals surface area contributed by atoms with Gasteiger partial charge in [-0.25, -0.2) is 0 Å². The molecule has 1 heterocycles. The van der Waals surface area contributed by atoms with Gasteiger partial charge in [0.05, 0.1) is 4.92 Å². The SMILES string of the molecule is CCNc1ccc(C(=O)NC2CCCSC2)cc1[N+](=O)[O-]. The minimum atomic E-state index is -0.467. The first kappa shape index (κ1) is 15.6. The molecule has 1 atom stereocenters. The molecule has 0 radical (unpaired) electrons. The van der Waals surface area contributed by atoms with Gasteiger partial charge in [0, 0.05) is 30.0 Å². The Labute approximate surface area is 127 Å². The molecule has 1 fully saturated rings. The zero-order valence-corrected chi connectivity index (χ0v) is 12.7. The molecule has 1 saturated heterocycles. The number of nitro benzene ring substituents is 1. The number of benzene rings is 1. The summed E-state index contributed by atoms with van der Waals surface area (Å²) in [4.78, 5) is 22.8. The van der Waals surface area contributed by atoms with Gasteiger partial charge >= 0.3 is 0 Å². The predicted molar refractivity (Wildman–Crippen MR) is 85.1 cm³/mol. The number of rotatable bonds is 5. The molecule has 0 saturated carbocycles. The van der Waals surface area contributed by atoms with Crippen molar-refractivity contribution in [2.45, 2.75) is 25.8 Å². The van der Waals surface area contributed by atoms with Crippen molar-refractivity contribution in [2.75, 3.05) is 23.4 Å². The van der Waals surface area contributed by atoms with Crippen LogP contribution >= 0.6 is 11.8 Å². The number of carbonyl (C=O) groups is 1. The van der Waals surface area contributed by atoms with E-state index in [9.17, 15) is 14.9 Å². The molecular weight excluding hydrogens is 290 g/mol. The van der Waals surface area contributed by atoms with Crippen molar-refractivity contribution in [2.24, 2.45) is 0 Å². The molecule has 1 unspecified atom stereocenters. The van der Waals surface area contributed by atoms with Crippen molar-refractivity contribution in [3.63, 3.8) is 0 Å². The number of thioether (sulfide) groups is 1. The van der Waals surface area contributed by atoms with Crippen LogP contribution < -0.4 is 10.6 Å². The predicted octanol–water partition coefficient (Wildman–Crippen LogP) is 2.65. The van der Waals surface area contributed by atoms with E-state index in [0.29, 0.717) is 17.8 Å². The van der Waals surface area contributed by atoms with Crippen LogP contribution in [0.5, 0.6) is 0 Å². The van der Waals surface area contributed by atoms with Crippen LogP contribution in [0.25, 0.3) is 0 Å². The number of carbonyl (C=O) groups excluding carboxylic acids is 1. The van der Waals surface area contributed by atoms with Crippen LogP contribution in [0.2, 0.25) is 0 Å². The Hall–Kier alpha value is -1.76. The third kappa shape index (κ3) is 4.10. The Morgan fingerprint density at radius 3 is 2.95 bits per heavy atom. The molecule has 2 rings (SSSR count). The molecule has 0 aliphatic carbocycles. The first-order valence-electron chi connectivity index (χ1n) is 7.02. The molecule has 114 valence electrons. The monoisotopic (exact) mass is 309 g/mol. The summed E-state index contributed by atoms with van der Waals surface area (Å²) in [6.45, 7) is 2.46. The van der Waals surface area contributed by atoms with Gasteiger partial charge in [-0.15, -0.1) is 0 Å². The highest BCUT2D eigenvalue weighted by Crippen LogP contribution is 2.25. The van der Waals surface area contributed by atoms with Crippen LogP contribution in [0.15, 0.2) is 18.2 Å². The minimum absolute atomic E-state index is 0.0671. The first-order valence-corrected chi connectivity index (χ1v) is 8.18. The van der Waals surface area contributed by atoms with Gasteiger partial charge in [-0.3, -0.25) is 14.9 Å². The third-order valence-electron chi connectivity index (χ3n) is 3.32. The standard InChI is InChI=1S/C14H19N3O3S/c1-2-15-12-6-5-10(8-13(12)17(19)20)14(18)16-11-4-3-7-21-9-11/h5-6,8,11,15H,2-4,7,9H2,1H3,(H,16,18). The number of hydrogen-bond acceptors (Lipinski definition) is 5. The van der Waals surface area contributed by atoms with Crippen LogP contribution in [0, 0.1) is 10.1 Å². The first-order chi connectivity index (χ1) is 10.1. The molecule has 6 nitrogen and oxygen atoms in total. The lowest BCUT2D eigenvalue weighted by Crippen LogP contribution is -2.38. The highest BCUT2D eigenvalue weighted by molar-refractivity contribution is 7.99. The average molecular weight is 309 g/mol. The highest BCUT2D eigenvalue weighted by atomic mass is 32.2. The van der Waals surface area contributed by atoms with Crippen molar-refractivity contribution in [1.82, 2.24) is 5.32 Å². The van der Waals surface area contributed by atoms with Gasteiger partial charge < -0.3 is 10.6 Å². The van der Waals surface area contributed by atoms with Crippen molar-refractivity contribution < 1.29 is 9.72 Å².